The zero-order valence-electron chi connectivity index (χ0n) is 21.3. The van der Waals surface area contributed by atoms with Crippen LogP contribution < -0.4 is 9.46 Å². The lowest BCUT2D eigenvalue weighted by molar-refractivity contribution is -0.137. The van der Waals surface area contributed by atoms with Gasteiger partial charge >= 0.3 is 5.97 Å². The maximum absolute atomic E-state index is 13.5. The average Bonchev–Trinajstić information content (AvgIpc) is 3.30. The Bertz CT molecular complexity index is 1310. The van der Waals surface area contributed by atoms with Gasteiger partial charge in [0.2, 0.25) is 10.0 Å². The number of ether oxygens (including phenoxy) is 1. The molecular formula is C24H35N5O5S. The van der Waals surface area contributed by atoms with Crippen LogP contribution >= 0.6 is 0 Å². The summed E-state index contributed by atoms with van der Waals surface area (Å²) in [5.74, 6) is -0.335. The third-order valence-electron chi connectivity index (χ3n) is 5.64. The summed E-state index contributed by atoms with van der Waals surface area (Å²) in [6.07, 6.45) is 0.202. The number of fused-ring (bicyclic) bond motifs is 1. The van der Waals surface area contributed by atoms with Crippen LogP contribution in [0, 0.1) is 0 Å². The average molecular weight is 506 g/mol. The third kappa shape index (κ3) is 6.21. The molecule has 0 radical (unpaired) electrons. The molecular weight excluding hydrogens is 470 g/mol. The second kappa shape index (κ2) is 9.62. The van der Waals surface area contributed by atoms with E-state index in [1.807, 2.05) is 32.9 Å². The zero-order chi connectivity index (χ0) is 26.2. The molecule has 11 heteroatoms. The number of hydrogen-bond donors (Lipinski definition) is 3. The fraction of sp³-hybridized carbons (Fsp3) is 0.542. The van der Waals surface area contributed by atoms with Gasteiger partial charge in [0.25, 0.3) is 0 Å². The van der Waals surface area contributed by atoms with Crippen LogP contribution in [-0.2, 0) is 25.6 Å². The van der Waals surface area contributed by atoms with Gasteiger partial charge in [-0.25, -0.2) is 17.7 Å². The molecule has 2 heterocycles. The van der Waals surface area contributed by atoms with Gasteiger partial charge in [0.05, 0.1) is 12.6 Å². The molecule has 0 aliphatic carbocycles. The fourth-order valence-electron chi connectivity index (χ4n) is 3.52. The van der Waals surface area contributed by atoms with E-state index in [1.54, 1.807) is 23.6 Å². The predicted octanol–water partition coefficient (Wildman–Crippen LogP) is 3.94. The highest BCUT2D eigenvalue weighted by Crippen LogP contribution is 2.32. The van der Waals surface area contributed by atoms with Crippen LogP contribution in [-0.4, -0.2) is 45.9 Å². The van der Waals surface area contributed by atoms with Crippen molar-refractivity contribution in [3.8, 4) is 5.75 Å². The van der Waals surface area contributed by atoms with Gasteiger partial charge in [-0.2, -0.15) is 0 Å². The standard InChI is InChI=1S/C24H35N5O5S/c1-15(22-26-25-20-14-19(24(5,6)7)27-29(20)22)28-35(32,33)18-13-16(23(2,3)4)10-11-17(18)34-12-8-9-21(30)31/h10-11,13-15,27-28H,8-9,12H2,1-7H3,(H,30,31). The van der Waals surface area contributed by atoms with Crippen molar-refractivity contribution in [2.24, 2.45) is 0 Å². The summed E-state index contributed by atoms with van der Waals surface area (Å²) in [5.41, 5.74) is 1.96. The first kappa shape index (κ1) is 26.7. The number of nitrogens with zero attached hydrogens (tertiary/aromatic N) is 3. The van der Waals surface area contributed by atoms with Crippen LogP contribution in [0.3, 0.4) is 0 Å². The molecule has 0 fully saturated rings. The van der Waals surface area contributed by atoms with Crippen molar-refractivity contribution in [1.29, 1.82) is 0 Å². The summed E-state index contributed by atoms with van der Waals surface area (Å²) in [6.45, 7) is 14.0. The lowest BCUT2D eigenvalue weighted by Crippen LogP contribution is -2.29. The van der Waals surface area contributed by atoms with E-state index in [0.29, 0.717) is 11.5 Å². The molecule has 3 N–H and O–H groups in total. The molecule has 0 bridgehead atoms. The Balaban J connectivity index is 1.93. The van der Waals surface area contributed by atoms with E-state index >= 15 is 0 Å². The summed E-state index contributed by atoms with van der Waals surface area (Å²) >= 11 is 0. The van der Waals surface area contributed by atoms with Crippen LogP contribution in [0.4, 0.5) is 0 Å². The number of carboxylic acids is 1. The van der Waals surface area contributed by atoms with Crippen LogP contribution in [0.15, 0.2) is 29.2 Å². The number of carbonyl (C=O) groups is 1. The van der Waals surface area contributed by atoms with Gasteiger partial charge in [-0.1, -0.05) is 47.6 Å². The van der Waals surface area contributed by atoms with Crippen molar-refractivity contribution >= 4 is 21.6 Å². The Kier molecular flexibility index (Phi) is 7.33. The van der Waals surface area contributed by atoms with Gasteiger partial charge in [-0.15, -0.1) is 10.2 Å². The van der Waals surface area contributed by atoms with E-state index in [0.717, 1.165) is 11.3 Å². The number of aliphatic carboxylic acids is 1. The Morgan fingerprint density at radius 3 is 2.43 bits per heavy atom. The normalized spacial score (nSPS) is 13.8. The molecule has 0 aliphatic rings. The lowest BCUT2D eigenvalue weighted by Gasteiger charge is -2.22. The van der Waals surface area contributed by atoms with E-state index in [-0.39, 0.29) is 40.9 Å². The SMILES string of the molecule is CC(NS(=O)(=O)c1cc(C(C)(C)C)ccc1OCCCC(=O)O)c1nnc2cc(C(C)(C)C)[nH]n12. The zero-order valence-corrected chi connectivity index (χ0v) is 22.2. The maximum Gasteiger partial charge on any atom is 0.303 e. The maximum atomic E-state index is 13.5. The quantitative estimate of drug-likeness (QED) is 0.374. The van der Waals surface area contributed by atoms with E-state index in [4.69, 9.17) is 9.84 Å². The van der Waals surface area contributed by atoms with Crippen molar-refractivity contribution < 1.29 is 23.1 Å². The first-order valence-corrected chi connectivity index (χ1v) is 13.0. The molecule has 1 unspecified atom stereocenters. The van der Waals surface area contributed by atoms with Gasteiger partial charge in [0.15, 0.2) is 11.5 Å². The third-order valence-corrected chi connectivity index (χ3v) is 7.20. The van der Waals surface area contributed by atoms with Gasteiger partial charge in [0.1, 0.15) is 10.6 Å². The molecule has 3 rings (SSSR count). The van der Waals surface area contributed by atoms with Gasteiger partial charge in [-0.3, -0.25) is 9.89 Å². The lowest BCUT2D eigenvalue weighted by atomic mass is 9.87. The van der Waals surface area contributed by atoms with Crippen molar-refractivity contribution in [3.05, 3.63) is 41.3 Å². The smallest absolute Gasteiger partial charge is 0.303 e. The Morgan fingerprint density at radius 2 is 1.83 bits per heavy atom. The molecule has 3 aromatic rings. The first-order valence-electron chi connectivity index (χ1n) is 11.6. The summed E-state index contributed by atoms with van der Waals surface area (Å²) < 4.78 is 37.1. The number of benzene rings is 1. The number of carboxylic acid groups (broad SMARTS) is 1. The van der Waals surface area contributed by atoms with Crippen molar-refractivity contribution in [2.75, 3.05) is 6.61 Å². The summed E-state index contributed by atoms with van der Waals surface area (Å²) in [4.78, 5) is 10.8. The molecule has 35 heavy (non-hydrogen) atoms. The number of nitrogens with one attached hydrogen (secondary N) is 2. The Hall–Kier alpha value is -2.92. The van der Waals surface area contributed by atoms with Crippen molar-refractivity contribution in [2.45, 2.75) is 83.1 Å². The van der Waals surface area contributed by atoms with Crippen LogP contribution in [0.1, 0.15) is 84.4 Å². The second-order valence-electron chi connectivity index (χ2n) is 10.8. The van der Waals surface area contributed by atoms with Gasteiger partial charge in [0, 0.05) is 23.6 Å². The number of hydrogen-bond acceptors (Lipinski definition) is 6. The summed E-state index contributed by atoms with van der Waals surface area (Å²) in [5, 5.41) is 20.5. The molecule has 0 aliphatic heterocycles. The van der Waals surface area contributed by atoms with Crippen LogP contribution in [0.25, 0.3) is 5.65 Å². The Morgan fingerprint density at radius 1 is 1.14 bits per heavy atom. The van der Waals surface area contributed by atoms with Crippen molar-refractivity contribution in [3.63, 3.8) is 0 Å². The predicted molar refractivity (Wildman–Crippen MR) is 132 cm³/mol. The second-order valence-corrected chi connectivity index (χ2v) is 12.5. The number of aromatic nitrogens is 4. The fourth-order valence-corrected chi connectivity index (χ4v) is 4.89. The number of rotatable bonds is 9. The largest absolute Gasteiger partial charge is 0.492 e. The monoisotopic (exact) mass is 505 g/mol. The molecule has 10 nitrogen and oxygen atoms in total. The minimum atomic E-state index is -4.03. The topological polar surface area (TPSA) is 139 Å². The highest BCUT2D eigenvalue weighted by atomic mass is 32.2. The molecule has 2 aromatic heterocycles. The van der Waals surface area contributed by atoms with E-state index in [9.17, 15) is 13.2 Å². The molecule has 0 saturated heterocycles. The minimum absolute atomic E-state index is 0.00488. The number of H-pyrrole nitrogens is 1. The first-order chi connectivity index (χ1) is 16.1. The van der Waals surface area contributed by atoms with Gasteiger partial charge < -0.3 is 9.84 Å². The highest BCUT2D eigenvalue weighted by molar-refractivity contribution is 7.89. The molecule has 0 spiro atoms. The minimum Gasteiger partial charge on any atom is -0.492 e. The number of aromatic amines is 1. The Labute approximate surface area is 206 Å². The number of sulfonamides is 1. The van der Waals surface area contributed by atoms with E-state index < -0.39 is 22.0 Å². The summed E-state index contributed by atoms with van der Waals surface area (Å²) in [7, 11) is -4.03. The molecule has 1 atom stereocenters. The highest BCUT2D eigenvalue weighted by Gasteiger charge is 2.28. The van der Waals surface area contributed by atoms with E-state index in [1.165, 1.54) is 0 Å². The van der Waals surface area contributed by atoms with Crippen LogP contribution in [0.5, 0.6) is 5.75 Å². The van der Waals surface area contributed by atoms with E-state index in [2.05, 4.69) is 40.8 Å². The summed E-state index contributed by atoms with van der Waals surface area (Å²) in [6, 6.07) is 6.25. The molecule has 0 saturated carbocycles. The van der Waals surface area contributed by atoms with Gasteiger partial charge in [-0.05, 0) is 36.5 Å². The molecule has 192 valence electrons. The molecule has 0 amide bonds. The van der Waals surface area contributed by atoms with Crippen molar-refractivity contribution in [1.82, 2.24) is 24.5 Å². The molecule has 1 aromatic carbocycles. The van der Waals surface area contributed by atoms with Crippen LogP contribution in [0.2, 0.25) is 0 Å².